The molecule has 0 atom stereocenters. The lowest BCUT2D eigenvalue weighted by Crippen LogP contribution is -2.26. The van der Waals surface area contributed by atoms with Crippen LogP contribution in [-0.4, -0.2) is 0 Å². The predicted molar refractivity (Wildman–Crippen MR) is 69.3 cm³/mol. The highest BCUT2D eigenvalue weighted by atomic mass is 14.0. The molecule has 0 heteroatoms. The minimum Gasteiger partial charge on any atom is -0.0764 e. The first-order valence-corrected chi connectivity index (χ1v) is 5.79. The van der Waals surface area contributed by atoms with Crippen LogP contribution in [0, 0.1) is 0 Å². The zero-order chi connectivity index (χ0) is 10.8. The number of hydrogen-bond acceptors (Lipinski definition) is 0. The molecule has 2 aromatic rings. The molecule has 0 amide bonds. The standard InChI is InChI=1S/C16H14/c1-2-6-13(7-3-1)16-11-10-14-8-4-5-9-15(14)12-16/h1-3,6-12H,4-5H2. The lowest BCUT2D eigenvalue weighted by Gasteiger charge is -2.04. The minimum atomic E-state index is 1.17. The largest absolute Gasteiger partial charge is 0.0764 e. The molecule has 78 valence electrons. The topological polar surface area (TPSA) is 0 Å². The Bertz CT molecular complexity index is 606. The summed E-state index contributed by atoms with van der Waals surface area (Å²) in [4.78, 5) is 0. The molecule has 0 aromatic heterocycles. The van der Waals surface area contributed by atoms with Crippen LogP contribution in [0.15, 0.2) is 48.5 Å². The molecule has 0 unspecified atom stereocenters. The molecule has 0 fully saturated rings. The van der Waals surface area contributed by atoms with Crippen molar-refractivity contribution in [3.63, 3.8) is 0 Å². The summed E-state index contributed by atoms with van der Waals surface area (Å²) < 4.78 is 0. The fraction of sp³-hybridized carbons (Fsp3) is 0.125. The van der Waals surface area contributed by atoms with Gasteiger partial charge in [0.1, 0.15) is 0 Å². The minimum absolute atomic E-state index is 1.17. The van der Waals surface area contributed by atoms with E-state index in [0.717, 1.165) is 0 Å². The van der Waals surface area contributed by atoms with E-state index < -0.39 is 0 Å². The Morgan fingerprint density at radius 3 is 2.19 bits per heavy atom. The van der Waals surface area contributed by atoms with E-state index in [4.69, 9.17) is 0 Å². The maximum atomic E-state index is 2.34. The molecule has 1 aliphatic rings. The third-order valence-corrected chi connectivity index (χ3v) is 3.09. The van der Waals surface area contributed by atoms with Crippen LogP contribution < -0.4 is 10.4 Å². The van der Waals surface area contributed by atoms with Gasteiger partial charge in [-0.3, -0.25) is 0 Å². The van der Waals surface area contributed by atoms with Crippen LogP contribution in [0.2, 0.25) is 0 Å². The SMILES string of the molecule is C1=c2ccc(-c3ccccc3)cc2=CCC1. The molecule has 0 heterocycles. The average molecular weight is 206 g/mol. The summed E-state index contributed by atoms with van der Waals surface area (Å²) in [6.07, 6.45) is 7.01. The molecule has 0 saturated heterocycles. The predicted octanol–water partition coefficient (Wildman–Crippen LogP) is 2.71. The Labute approximate surface area is 95.6 Å². The Morgan fingerprint density at radius 2 is 1.38 bits per heavy atom. The van der Waals surface area contributed by atoms with Crippen LogP contribution >= 0.6 is 0 Å². The first-order chi connectivity index (χ1) is 7.93. The third-order valence-electron chi connectivity index (χ3n) is 3.09. The Hall–Kier alpha value is -1.82. The fourth-order valence-corrected chi connectivity index (χ4v) is 2.23. The molecule has 0 N–H and O–H groups in total. The van der Waals surface area contributed by atoms with Crippen molar-refractivity contribution in [1.82, 2.24) is 0 Å². The molecule has 0 saturated carbocycles. The van der Waals surface area contributed by atoms with Gasteiger partial charge in [0.15, 0.2) is 0 Å². The smallest absolute Gasteiger partial charge is 0.0178 e. The van der Waals surface area contributed by atoms with Crippen LogP contribution in [-0.2, 0) is 0 Å². The van der Waals surface area contributed by atoms with Crippen molar-refractivity contribution in [2.45, 2.75) is 12.8 Å². The lowest BCUT2D eigenvalue weighted by atomic mass is 10.0. The molecule has 0 aliphatic heterocycles. The first kappa shape index (κ1) is 9.41. The van der Waals surface area contributed by atoms with Gasteiger partial charge in [-0.05, 0) is 40.5 Å². The number of rotatable bonds is 1. The van der Waals surface area contributed by atoms with Gasteiger partial charge in [0, 0.05) is 0 Å². The molecular weight excluding hydrogens is 192 g/mol. The van der Waals surface area contributed by atoms with Gasteiger partial charge in [0.05, 0.1) is 0 Å². The fourth-order valence-electron chi connectivity index (χ4n) is 2.23. The van der Waals surface area contributed by atoms with Crippen molar-refractivity contribution in [2.24, 2.45) is 0 Å². The highest BCUT2D eigenvalue weighted by Gasteiger charge is 1.98. The Morgan fingerprint density at radius 1 is 0.625 bits per heavy atom. The maximum Gasteiger partial charge on any atom is -0.0178 e. The highest BCUT2D eigenvalue weighted by molar-refractivity contribution is 5.64. The average Bonchev–Trinajstić information content (AvgIpc) is 2.39. The van der Waals surface area contributed by atoms with Crippen LogP contribution in [0.1, 0.15) is 12.8 Å². The summed E-state index contributed by atoms with van der Waals surface area (Å²) in [5.74, 6) is 0. The molecule has 2 aromatic carbocycles. The van der Waals surface area contributed by atoms with Crippen LogP contribution in [0.25, 0.3) is 23.3 Å². The van der Waals surface area contributed by atoms with E-state index >= 15 is 0 Å². The normalized spacial score (nSPS) is 13.5. The first-order valence-electron chi connectivity index (χ1n) is 5.79. The maximum absolute atomic E-state index is 2.34. The van der Waals surface area contributed by atoms with E-state index in [1.165, 1.54) is 34.4 Å². The molecule has 16 heavy (non-hydrogen) atoms. The molecule has 1 aliphatic carbocycles. The second-order valence-corrected chi connectivity index (χ2v) is 4.20. The lowest BCUT2D eigenvalue weighted by molar-refractivity contribution is 1.12. The number of hydrogen-bond donors (Lipinski definition) is 0. The highest BCUT2D eigenvalue weighted by Crippen LogP contribution is 2.15. The Balaban J connectivity index is 2.19. The second kappa shape index (κ2) is 3.97. The van der Waals surface area contributed by atoms with Crippen molar-refractivity contribution >= 4 is 12.2 Å². The van der Waals surface area contributed by atoms with Gasteiger partial charge in [-0.1, -0.05) is 54.6 Å². The van der Waals surface area contributed by atoms with Gasteiger partial charge in [-0.15, -0.1) is 0 Å². The van der Waals surface area contributed by atoms with Gasteiger partial charge in [-0.2, -0.15) is 0 Å². The van der Waals surface area contributed by atoms with Crippen LogP contribution in [0.5, 0.6) is 0 Å². The molecular formula is C16H14. The molecule has 0 spiro atoms. The van der Waals surface area contributed by atoms with Gasteiger partial charge in [-0.25, -0.2) is 0 Å². The molecule has 0 bridgehead atoms. The summed E-state index contributed by atoms with van der Waals surface area (Å²) in [7, 11) is 0. The molecule has 3 rings (SSSR count). The summed E-state index contributed by atoms with van der Waals surface area (Å²) in [6, 6.07) is 17.3. The third kappa shape index (κ3) is 1.67. The van der Waals surface area contributed by atoms with E-state index in [0.29, 0.717) is 0 Å². The van der Waals surface area contributed by atoms with Crippen LogP contribution in [0.4, 0.5) is 0 Å². The zero-order valence-corrected chi connectivity index (χ0v) is 9.19. The molecule has 0 nitrogen and oxygen atoms in total. The summed E-state index contributed by atoms with van der Waals surface area (Å²) in [5, 5.41) is 2.76. The van der Waals surface area contributed by atoms with Crippen molar-refractivity contribution in [3.05, 3.63) is 59.0 Å². The van der Waals surface area contributed by atoms with E-state index in [1.54, 1.807) is 0 Å². The number of fused-ring (bicyclic) bond motifs is 1. The molecule has 0 radical (unpaired) electrons. The number of benzene rings is 2. The van der Waals surface area contributed by atoms with Crippen LogP contribution in [0.3, 0.4) is 0 Å². The van der Waals surface area contributed by atoms with Crippen molar-refractivity contribution in [2.75, 3.05) is 0 Å². The van der Waals surface area contributed by atoms with Crippen molar-refractivity contribution < 1.29 is 0 Å². The summed E-state index contributed by atoms with van der Waals surface area (Å²) in [6.45, 7) is 0. The van der Waals surface area contributed by atoms with Gasteiger partial charge >= 0.3 is 0 Å². The van der Waals surface area contributed by atoms with E-state index in [1.807, 2.05) is 0 Å². The zero-order valence-electron chi connectivity index (χ0n) is 9.19. The summed E-state index contributed by atoms with van der Waals surface area (Å²) >= 11 is 0. The second-order valence-electron chi connectivity index (χ2n) is 4.20. The van der Waals surface area contributed by atoms with E-state index in [9.17, 15) is 0 Å². The summed E-state index contributed by atoms with van der Waals surface area (Å²) in [5.41, 5.74) is 2.61. The van der Waals surface area contributed by atoms with E-state index in [2.05, 4.69) is 60.7 Å². The van der Waals surface area contributed by atoms with Gasteiger partial charge in [0.2, 0.25) is 0 Å². The van der Waals surface area contributed by atoms with Crippen molar-refractivity contribution in [1.29, 1.82) is 0 Å². The van der Waals surface area contributed by atoms with Crippen molar-refractivity contribution in [3.8, 4) is 11.1 Å². The Kier molecular flexibility index (Phi) is 2.34. The monoisotopic (exact) mass is 206 g/mol. The quantitative estimate of drug-likeness (QED) is 0.673. The van der Waals surface area contributed by atoms with Gasteiger partial charge in [0.25, 0.3) is 0 Å². The van der Waals surface area contributed by atoms with Gasteiger partial charge < -0.3 is 0 Å². The van der Waals surface area contributed by atoms with E-state index in [-0.39, 0.29) is 0 Å².